The van der Waals surface area contributed by atoms with Crippen LogP contribution in [0.2, 0.25) is 0 Å². The van der Waals surface area contributed by atoms with E-state index >= 15 is 0 Å². The molecular formula is C28H47ClN2O4. The van der Waals surface area contributed by atoms with E-state index in [0.29, 0.717) is 26.1 Å². The molecule has 1 aliphatic heterocycles. The highest BCUT2D eigenvalue weighted by Gasteiger charge is 2.36. The topological polar surface area (TPSA) is 70.4 Å². The number of esters is 2. The molecule has 1 aromatic rings. The maximum absolute atomic E-state index is 12.1. The van der Waals surface area contributed by atoms with Crippen molar-refractivity contribution < 1.29 is 19.1 Å². The van der Waals surface area contributed by atoms with Crippen molar-refractivity contribution in [3.05, 3.63) is 18.2 Å². The van der Waals surface area contributed by atoms with Gasteiger partial charge in [-0.25, -0.2) is 4.98 Å². The molecule has 0 N–H and O–H groups in total. The molecule has 0 aromatic carbocycles. The van der Waals surface area contributed by atoms with Crippen LogP contribution in [-0.2, 0) is 32.5 Å². The van der Waals surface area contributed by atoms with Crippen LogP contribution in [0, 0.1) is 11.8 Å². The Bertz CT molecular complexity index is 724. The molecule has 0 spiro atoms. The average molecular weight is 511 g/mol. The van der Waals surface area contributed by atoms with Crippen LogP contribution in [0.5, 0.6) is 0 Å². The summed E-state index contributed by atoms with van der Waals surface area (Å²) >= 11 is 6.36. The predicted octanol–water partition coefficient (Wildman–Crippen LogP) is 6.77. The van der Waals surface area contributed by atoms with Crippen molar-refractivity contribution in [1.29, 1.82) is 0 Å². The molecule has 35 heavy (non-hydrogen) atoms. The number of unbranched alkanes of at least 4 members (excludes halogenated alkanes) is 10. The number of ether oxygens (including phenoxy) is 2. The molecule has 200 valence electrons. The normalized spacial score (nSPS) is 18.5. The van der Waals surface area contributed by atoms with Gasteiger partial charge < -0.3 is 14.0 Å². The maximum Gasteiger partial charge on any atom is 0.309 e. The molecule has 3 atom stereocenters. The highest BCUT2D eigenvalue weighted by Crippen LogP contribution is 2.29. The third-order valence-electron chi connectivity index (χ3n) is 7.13. The molecule has 0 radical (unpaired) electrons. The largest absolute Gasteiger partial charge is 0.466 e. The zero-order chi connectivity index (χ0) is 25.3. The number of hydrogen-bond acceptors (Lipinski definition) is 5. The molecule has 0 amide bonds. The molecule has 0 aliphatic carbocycles. The van der Waals surface area contributed by atoms with Crippen LogP contribution in [-0.4, -0.2) is 40.1 Å². The Balaban J connectivity index is 1.47. The first-order valence-corrected chi connectivity index (χ1v) is 14.4. The van der Waals surface area contributed by atoms with Gasteiger partial charge >= 0.3 is 11.9 Å². The third kappa shape index (κ3) is 12.3. The van der Waals surface area contributed by atoms with E-state index in [1.54, 1.807) is 6.33 Å². The van der Waals surface area contributed by atoms with Crippen molar-refractivity contribution in [2.45, 2.75) is 115 Å². The van der Waals surface area contributed by atoms with Gasteiger partial charge in [-0.2, -0.15) is 0 Å². The molecule has 1 fully saturated rings. The van der Waals surface area contributed by atoms with Gasteiger partial charge in [-0.3, -0.25) is 9.59 Å². The van der Waals surface area contributed by atoms with E-state index in [1.165, 1.54) is 64.2 Å². The summed E-state index contributed by atoms with van der Waals surface area (Å²) in [5.41, 5.74) is 1.09. The standard InChI is InChI=1S/C28H47ClN2O4/c1-3-4-5-6-7-8-9-10-11-12-13-15-24(29)19-27(32)34-17-14-16-26-23(21-35-28(26)33)18-25-20-30-22-31(25)2/h20,22-24,26H,3-19,21H2,1-2H3/t23-,24?,26-/m0/s1. The van der Waals surface area contributed by atoms with E-state index in [-0.39, 0.29) is 35.6 Å². The average Bonchev–Trinajstić information content (AvgIpc) is 3.40. The molecule has 2 rings (SSSR count). The molecule has 0 saturated carbocycles. The lowest BCUT2D eigenvalue weighted by Gasteiger charge is -2.15. The number of imidazole rings is 1. The smallest absolute Gasteiger partial charge is 0.309 e. The van der Waals surface area contributed by atoms with Crippen LogP contribution < -0.4 is 0 Å². The first kappa shape index (κ1) is 29.7. The van der Waals surface area contributed by atoms with Gasteiger partial charge in [-0.15, -0.1) is 11.6 Å². The van der Waals surface area contributed by atoms with Crippen LogP contribution in [0.25, 0.3) is 0 Å². The zero-order valence-corrected chi connectivity index (χ0v) is 22.8. The lowest BCUT2D eigenvalue weighted by molar-refractivity contribution is -0.143. The Kier molecular flexibility index (Phi) is 15.1. The van der Waals surface area contributed by atoms with Crippen molar-refractivity contribution in [2.24, 2.45) is 18.9 Å². The Labute approximate surface area is 217 Å². The number of aromatic nitrogens is 2. The fraction of sp³-hybridized carbons (Fsp3) is 0.821. The van der Waals surface area contributed by atoms with Gasteiger partial charge in [0.1, 0.15) is 0 Å². The number of rotatable bonds is 20. The second-order valence-electron chi connectivity index (χ2n) is 10.2. The summed E-state index contributed by atoms with van der Waals surface area (Å²) in [5, 5.41) is -0.158. The lowest BCUT2D eigenvalue weighted by atomic mass is 9.88. The number of carbonyl (C=O) groups is 2. The molecule has 6 nitrogen and oxygen atoms in total. The summed E-state index contributed by atoms with van der Waals surface area (Å²) in [6, 6.07) is 0. The first-order chi connectivity index (χ1) is 17.0. The highest BCUT2D eigenvalue weighted by molar-refractivity contribution is 6.21. The van der Waals surface area contributed by atoms with Crippen molar-refractivity contribution >= 4 is 23.5 Å². The van der Waals surface area contributed by atoms with Crippen molar-refractivity contribution in [1.82, 2.24) is 9.55 Å². The van der Waals surface area contributed by atoms with E-state index < -0.39 is 0 Å². The summed E-state index contributed by atoms with van der Waals surface area (Å²) in [6.45, 7) is 3.03. The number of cyclic esters (lactones) is 1. The SMILES string of the molecule is CCCCCCCCCCCCCC(Cl)CC(=O)OCCC[C@@H]1C(=O)OC[C@@H]1Cc1cncn1C. The van der Waals surface area contributed by atoms with E-state index in [4.69, 9.17) is 21.1 Å². The highest BCUT2D eigenvalue weighted by atomic mass is 35.5. The summed E-state index contributed by atoms with van der Waals surface area (Å²) in [4.78, 5) is 28.4. The molecule has 2 heterocycles. The van der Waals surface area contributed by atoms with Gasteiger partial charge in [-0.1, -0.05) is 77.6 Å². The third-order valence-corrected chi connectivity index (χ3v) is 7.50. The Morgan fingerprint density at radius 3 is 2.40 bits per heavy atom. The van der Waals surface area contributed by atoms with Gasteiger partial charge in [0.25, 0.3) is 0 Å². The van der Waals surface area contributed by atoms with Crippen LogP contribution >= 0.6 is 11.6 Å². The summed E-state index contributed by atoms with van der Waals surface area (Å²) in [5.74, 6) is -0.387. The minimum absolute atomic E-state index is 0.142. The van der Waals surface area contributed by atoms with Gasteiger partial charge in [0.05, 0.1) is 31.9 Å². The molecule has 0 bridgehead atoms. The summed E-state index contributed by atoms with van der Waals surface area (Å²) < 4.78 is 12.7. The second kappa shape index (κ2) is 17.8. The van der Waals surface area contributed by atoms with E-state index in [1.807, 2.05) is 17.8 Å². The number of alkyl halides is 1. The molecular weight excluding hydrogens is 464 g/mol. The Morgan fingerprint density at radius 1 is 1.11 bits per heavy atom. The lowest BCUT2D eigenvalue weighted by Crippen LogP contribution is -2.20. The second-order valence-corrected chi connectivity index (χ2v) is 10.8. The van der Waals surface area contributed by atoms with Crippen molar-refractivity contribution in [3.63, 3.8) is 0 Å². The van der Waals surface area contributed by atoms with E-state index in [2.05, 4.69) is 11.9 Å². The number of aryl methyl sites for hydroxylation is 1. The molecule has 1 unspecified atom stereocenters. The molecule has 1 saturated heterocycles. The fourth-order valence-corrected chi connectivity index (χ4v) is 5.15. The first-order valence-electron chi connectivity index (χ1n) is 13.9. The van der Waals surface area contributed by atoms with Crippen molar-refractivity contribution in [2.75, 3.05) is 13.2 Å². The van der Waals surface area contributed by atoms with Crippen LogP contribution in [0.4, 0.5) is 0 Å². The number of carbonyl (C=O) groups excluding carboxylic acids is 2. The maximum atomic E-state index is 12.1. The molecule has 1 aliphatic rings. The van der Waals surface area contributed by atoms with E-state index in [9.17, 15) is 9.59 Å². The van der Waals surface area contributed by atoms with Gasteiger partial charge in [-0.05, 0) is 25.7 Å². The van der Waals surface area contributed by atoms with Crippen LogP contribution in [0.15, 0.2) is 12.5 Å². The Morgan fingerprint density at radius 2 is 1.77 bits per heavy atom. The van der Waals surface area contributed by atoms with Gasteiger partial charge in [0, 0.05) is 30.2 Å². The minimum atomic E-state index is -0.242. The van der Waals surface area contributed by atoms with Crippen molar-refractivity contribution in [3.8, 4) is 0 Å². The quantitative estimate of drug-likeness (QED) is 0.110. The minimum Gasteiger partial charge on any atom is -0.466 e. The number of nitrogens with zero attached hydrogens (tertiary/aromatic N) is 2. The zero-order valence-electron chi connectivity index (χ0n) is 22.0. The Hall–Kier alpha value is -1.56. The summed E-state index contributed by atoms with van der Waals surface area (Å²) in [7, 11) is 1.95. The van der Waals surface area contributed by atoms with Gasteiger partial charge in [0.15, 0.2) is 0 Å². The number of hydrogen-bond donors (Lipinski definition) is 0. The van der Waals surface area contributed by atoms with Crippen LogP contribution in [0.1, 0.15) is 109 Å². The van der Waals surface area contributed by atoms with Gasteiger partial charge in [0.2, 0.25) is 0 Å². The monoisotopic (exact) mass is 510 g/mol. The van der Waals surface area contributed by atoms with E-state index in [0.717, 1.165) is 25.0 Å². The molecule has 1 aromatic heterocycles. The summed E-state index contributed by atoms with van der Waals surface area (Å²) in [6.07, 6.45) is 21.2. The predicted molar refractivity (Wildman–Crippen MR) is 140 cm³/mol. The van der Waals surface area contributed by atoms with Crippen LogP contribution in [0.3, 0.4) is 0 Å². The number of halogens is 1. The fourth-order valence-electron chi connectivity index (χ4n) is 4.87. The molecule has 7 heteroatoms.